The Hall–Kier alpha value is -0.790. The Balaban J connectivity index is 2.17. The summed E-state index contributed by atoms with van der Waals surface area (Å²) in [5, 5.41) is 4.34. The minimum atomic E-state index is 0.0770. The van der Waals surface area contributed by atoms with E-state index in [0.717, 1.165) is 6.42 Å². The molecule has 1 unspecified atom stereocenters. The number of alkyl halides is 1. The summed E-state index contributed by atoms with van der Waals surface area (Å²) in [5.41, 5.74) is 5.12. The van der Waals surface area contributed by atoms with Crippen molar-refractivity contribution in [3.05, 3.63) is 57.3 Å². The van der Waals surface area contributed by atoms with E-state index in [1.807, 2.05) is 0 Å². The van der Waals surface area contributed by atoms with E-state index < -0.39 is 0 Å². The van der Waals surface area contributed by atoms with Crippen molar-refractivity contribution < 1.29 is 0 Å². The minimum Gasteiger partial charge on any atom is -0.152 e. The highest BCUT2D eigenvalue weighted by Crippen LogP contribution is 2.27. The smallest absolute Gasteiger partial charge is 0.0626 e. The molecular weight excluding hydrogens is 236 g/mol. The molecule has 0 aliphatic carbocycles. The van der Waals surface area contributed by atoms with Crippen LogP contribution in [0, 0.1) is 13.8 Å². The van der Waals surface area contributed by atoms with Crippen molar-refractivity contribution >= 4 is 22.9 Å². The molecule has 0 nitrogen and oxygen atoms in total. The molecule has 2 aromatic rings. The van der Waals surface area contributed by atoms with Crippen LogP contribution in [0.4, 0.5) is 0 Å². The molecule has 0 N–H and O–H groups in total. The number of aryl methyl sites for hydroxylation is 2. The third kappa shape index (κ3) is 2.87. The summed E-state index contributed by atoms with van der Waals surface area (Å²) in [6, 6.07) is 8.68. The minimum absolute atomic E-state index is 0.0770. The molecule has 0 radical (unpaired) electrons. The number of hydrogen-bond donors (Lipinski definition) is 0. The fourth-order valence-corrected chi connectivity index (χ4v) is 2.91. The molecule has 16 heavy (non-hydrogen) atoms. The lowest BCUT2D eigenvalue weighted by Gasteiger charge is -2.11. The van der Waals surface area contributed by atoms with Gasteiger partial charge in [-0.1, -0.05) is 29.3 Å². The molecule has 0 spiro atoms. The summed E-state index contributed by atoms with van der Waals surface area (Å²) in [4.78, 5) is 0. The number of hydrogen-bond acceptors (Lipinski definition) is 1. The van der Waals surface area contributed by atoms with Crippen molar-refractivity contribution in [1.29, 1.82) is 0 Å². The van der Waals surface area contributed by atoms with Gasteiger partial charge in [-0.3, -0.25) is 0 Å². The van der Waals surface area contributed by atoms with Gasteiger partial charge >= 0.3 is 0 Å². The van der Waals surface area contributed by atoms with Crippen molar-refractivity contribution in [3.63, 3.8) is 0 Å². The van der Waals surface area contributed by atoms with Crippen LogP contribution >= 0.6 is 22.9 Å². The van der Waals surface area contributed by atoms with E-state index in [4.69, 9.17) is 11.6 Å². The van der Waals surface area contributed by atoms with Crippen molar-refractivity contribution in [2.45, 2.75) is 25.6 Å². The molecule has 1 aromatic carbocycles. The molecule has 0 fully saturated rings. The number of benzene rings is 1. The zero-order chi connectivity index (χ0) is 11.5. The van der Waals surface area contributed by atoms with E-state index in [2.05, 4.69) is 48.9 Å². The van der Waals surface area contributed by atoms with Crippen molar-refractivity contribution in [2.24, 2.45) is 0 Å². The Morgan fingerprint density at radius 2 is 1.88 bits per heavy atom. The lowest BCUT2D eigenvalue weighted by Crippen LogP contribution is -1.96. The maximum atomic E-state index is 6.45. The highest BCUT2D eigenvalue weighted by atomic mass is 35.5. The van der Waals surface area contributed by atoms with Gasteiger partial charge in [0.05, 0.1) is 5.38 Å². The lowest BCUT2D eigenvalue weighted by atomic mass is 10.0. The summed E-state index contributed by atoms with van der Waals surface area (Å²) in [7, 11) is 0. The van der Waals surface area contributed by atoms with Crippen molar-refractivity contribution in [1.82, 2.24) is 0 Å². The monoisotopic (exact) mass is 250 g/mol. The molecule has 1 aromatic heterocycles. The molecule has 2 heteroatoms. The van der Waals surface area contributed by atoms with Gasteiger partial charge in [-0.15, -0.1) is 11.6 Å². The molecule has 2 rings (SSSR count). The normalized spacial score (nSPS) is 12.7. The molecule has 1 atom stereocenters. The fourth-order valence-electron chi connectivity index (χ4n) is 1.92. The molecular formula is C14H15ClS. The molecule has 0 saturated heterocycles. The Labute approximate surface area is 106 Å². The van der Waals surface area contributed by atoms with Crippen LogP contribution in [-0.2, 0) is 6.42 Å². The zero-order valence-corrected chi connectivity index (χ0v) is 11.1. The van der Waals surface area contributed by atoms with Crippen molar-refractivity contribution in [3.8, 4) is 0 Å². The molecule has 0 amide bonds. The van der Waals surface area contributed by atoms with Crippen LogP contribution in [0.15, 0.2) is 35.0 Å². The first kappa shape index (κ1) is 11.7. The second-order valence-corrected chi connectivity index (χ2v) is 5.53. The van der Waals surface area contributed by atoms with Gasteiger partial charge in [-0.25, -0.2) is 0 Å². The van der Waals surface area contributed by atoms with Gasteiger partial charge in [0.1, 0.15) is 0 Å². The molecule has 1 heterocycles. The summed E-state index contributed by atoms with van der Waals surface area (Å²) in [6.07, 6.45) is 0.911. The molecule has 84 valence electrons. The molecule has 0 saturated carbocycles. The maximum Gasteiger partial charge on any atom is 0.0626 e. The van der Waals surface area contributed by atoms with Crippen LogP contribution in [0.1, 0.15) is 27.6 Å². The number of rotatable bonds is 3. The van der Waals surface area contributed by atoms with Crippen LogP contribution in [0.3, 0.4) is 0 Å². The largest absolute Gasteiger partial charge is 0.152 e. The average Bonchev–Trinajstić information content (AvgIpc) is 2.68. The van der Waals surface area contributed by atoms with E-state index >= 15 is 0 Å². The second-order valence-electron chi connectivity index (χ2n) is 4.22. The van der Waals surface area contributed by atoms with Crippen LogP contribution in [0.5, 0.6) is 0 Å². The van der Waals surface area contributed by atoms with E-state index in [9.17, 15) is 0 Å². The van der Waals surface area contributed by atoms with Gasteiger partial charge in [0, 0.05) is 0 Å². The zero-order valence-electron chi connectivity index (χ0n) is 9.53. The lowest BCUT2D eigenvalue weighted by molar-refractivity contribution is 0.920. The quantitative estimate of drug-likeness (QED) is 0.681. The van der Waals surface area contributed by atoms with Gasteiger partial charge in [-0.05, 0) is 48.2 Å². The van der Waals surface area contributed by atoms with Crippen LogP contribution in [-0.4, -0.2) is 0 Å². The van der Waals surface area contributed by atoms with Crippen LogP contribution < -0.4 is 0 Å². The van der Waals surface area contributed by atoms with Gasteiger partial charge in [-0.2, -0.15) is 11.3 Å². The van der Waals surface area contributed by atoms with Gasteiger partial charge in [0.2, 0.25) is 0 Å². The Bertz CT molecular complexity index is 439. The van der Waals surface area contributed by atoms with E-state index in [1.165, 1.54) is 22.3 Å². The molecule has 0 aliphatic rings. The first-order chi connectivity index (χ1) is 7.65. The predicted molar refractivity (Wildman–Crippen MR) is 72.5 cm³/mol. The fraction of sp³-hybridized carbons (Fsp3) is 0.286. The van der Waals surface area contributed by atoms with E-state index in [-0.39, 0.29) is 5.38 Å². The van der Waals surface area contributed by atoms with Crippen LogP contribution in [0.2, 0.25) is 0 Å². The standard InChI is InChI=1S/C14H15ClS/c1-10-5-11(2)7-13(6-10)14(15)8-12-3-4-16-9-12/h3-7,9,14H,8H2,1-2H3. The van der Waals surface area contributed by atoms with Gasteiger partial charge < -0.3 is 0 Å². The summed E-state index contributed by atoms with van der Waals surface area (Å²) < 4.78 is 0. The van der Waals surface area contributed by atoms with E-state index in [0.29, 0.717) is 0 Å². The third-order valence-electron chi connectivity index (χ3n) is 2.60. The summed E-state index contributed by atoms with van der Waals surface area (Å²) >= 11 is 8.17. The summed E-state index contributed by atoms with van der Waals surface area (Å²) in [6.45, 7) is 4.23. The highest BCUT2D eigenvalue weighted by Gasteiger charge is 2.10. The molecule has 0 bridgehead atoms. The summed E-state index contributed by atoms with van der Waals surface area (Å²) in [5.74, 6) is 0. The maximum absolute atomic E-state index is 6.45. The third-order valence-corrected chi connectivity index (χ3v) is 3.74. The number of thiophene rings is 1. The Morgan fingerprint density at radius 3 is 2.44 bits per heavy atom. The first-order valence-electron chi connectivity index (χ1n) is 5.38. The average molecular weight is 251 g/mol. The highest BCUT2D eigenvalue weighted by molar-refractivity contribution is 7.07. The van der Waals surface area contributed by atoms with Gasteiger partial charge in [0.15, 0.2) is 0 Å². The molecule has 0 aliphatic heterocycles. The van der Waals surface area contributed by atoms with Gasteiger partial charge in [0.25, 0.3) is 0 Å². The number of halogens is 1. The predicted octanol–water partition coefficient (Wildman–Crippen LogP) is 4.89. The topological polar surface area (TPSA) is 0 Å². The Kier molecular flexibility index (Phi) is 3.67. The Morgan fingerprint density at radius 1 is 1.19 bits per heavy atom. The SMILES string of the molecule is Cc1cc(C)cc(C(Cl)Cc2ccsc2)c1. The second kappa shape index (κ2) is 5.03. The first-order valence-corrected chi connectivity index (χ1v) is 6.76. The van der Waals surface area contributed by atoms with Crippen molar-refractivity contribution in [2.75, 3.05) is 0 Å². The van der Waals surface area contributed by atoms with Crippen LogP contribution in [0.25, 0.3) is 0 Å². The van der Waals surface area contributed by atoms with E-state index in [1.54, 1.807) is 11.3 Å².